The van der Waals surface area contributed by atoms with Gasteiger partial charge in [-0.1, -0.05) is 0 Å². The number of H-pyrrole nitrogens is 1. The molecule has 4 N–H and O–H groups in total. The van der Waals surface area contributed by atoms with Crippen molar-refractivity contribution in [2.75, 3.05) is 10.5 Å². The molecule has 6 nitrogen and oxygen atoms in total. The fourth-order valence-corrected chi connectivity index (χ4v) is 3.38. The van der Waals surface area contributed by atoms with Gasteiger partial charge in [-0.2, -0.15) is 0 Å². The normalized spacial score (nSPS) is 11.7. The van der Waals surface area contributed by atoms with E-state index in [1.54, 1.807) is 30.3 Å². The Morgan fingerprint density at radius 1 is 1.24 bits per heavy atom. The molecule has 0 unspecified atom stereocenters. The van der Waals surface area contributed by atoms with Gasteiger partial charge in [-0.15, -0.1) is 0 Å². The fourth-order valence-electron chi connectivity index (χ4n) is 1.96. The maximum Gasteiger partial charge on any atom is 0.265 e. The second-order valence-electron chi connectivity index (χ2n) is 4.43. The first-order chi connectivity index (χ1) is 9.95. The highest BCUT2D eigenvalue weighted by molar-refractivity contribution is 9.10. The lowest BCUT2D eigenvalue weighted by atomic mass is 10.2. The lowest BCUT2D eigenvalue weighted by Gasteiger charge is -2.06. The van der Waals surface area contributed by atoms with Crippen molar-refractivity contribution in [3.8, 4) is 0 Å². The Morgan fingerprint density at radius 2 is 2.05 bits per heavy atom. The first-order valence-electron chi connectivity index (χ1n) is 5.97. The summed E-state index contributed by atoms with van der Waals surface area (Å²) in [6, 6.07) is 8.35. The second-order valence-corrected chi connectivity index (χ2v) is 6.99. The third-order valence-corrected chi connectivity index (χ3v) is 4.79. The van der Waals surface area contributed by atoms with E-state index >= 15 is 0 Å². The molecule has 3 rings (SSSR count). The number of hydrogen-bond donors (Lipinski definition) is 3. The van der Waals surface area contributed by atoms with Crippen LogP contribution in [0.4, 0.5) is 11.5 Å². The number of nitrogen functional groups attached to an aromatic ring is 1. The van der Waals surface area contributed by atoms with Crippen molar-refractivity contribution in [3.05, 3.63) is 47.2 Å². The number of rotatable bonds is 3. The van der Waals surface area contributed by atoms with E-state index in [9.17, 15) is 8.42 Å². The Morgan fingerprint density at radius 3 is 2.76 bits per heavy atom. The summed E-state index contributed by atoms with van der Waals surface area (Å²) in [5.41, 5.74) is 6.92. The Hall–Kier alpha value is -2.06. The number of fused-ring (bicyclic) bond motifs is 1. The molecule has 0 bridgehead atoms. The highest BCUT2D eigenvalue weighted by Crippen LogP contribution is 2.26. The van der Waals surface area contributed by atoms with Crippen LogP contribution >= 0.6 is 15.9 Å². The molecular weight excluding hydrogens is 356 g/mol. The number of benzene rings is 1. The van der Waals surface area contributed by atoms with Crippen LogP contribution in [0.15, 0.2) is 52.1 Å². The molecule has 0 spiro atoms. The topological polar surface area (TPSA) is 101 Å². The minimum Gasteiger partial charge on any atom is -0.399 e. The predicted octanol–water partition coefficient (Wildman–Crippen LogP) is 2.71. The maximum atomic E-state index is 12.4. The average molecular weight is 367 g/mol. The summed E-state index contributed by atoms with van der Waals surface area (Å²) < 4.78 is 28.1. The molecule has 0 amide bonds. The average Bonchev–Trinajstić information content (AvgIpc) is 2.85. The molecule has 108 valence electrons. The van der Waals surface area contributed by atoms with E-state index in [4.69, 9.17) is 5.73 Å². The molecular formula is C13H11BrN4O2S. The number of nitrogens with one attached hydrogen (secondary N) is 2. The number of aromatic nitrogens is 2. The van der Waals surface area contributed by atoms with Gasteiger partial charge >= 0.3 is 0 Å². The highest BCUT2D eigenvalue weighted by atomic mass is 79.9. The van der Waals surface area contributed by atoms with Crippen molar-refractivity contribution < 1.29 is 8.42 Å². The number of hydrogen-bond acceptors (Lipinski definition) is 4. The molecule has 21 heavy (non-hydrogen) atoms. The lowest BCUT2D eigenvalue weighted by molar-refractivity contribution is 0.602. The summed E-state index contributed by atoms with van der Waals surface area (Å²) in [5.74, 6) is 0.247. The zero-order valence-electron chi connectivity index (χ0n) is 10.7. The number of anilines is 2. The molecule has 0 saturated carbocycles. The molecule has 1 aromatic carbocycles. The van der Waals surface area contributed by atoms with Gasteiger partial charge in [-0.3, -0.25) is 4.72 Å². The van der Waals surface area contributed by atoms with Gasteiger partial charge < -0.3 is 10.7 Å². The lowest BCUT2D eigenvalue weighted by Crippen LogP contribution is -2.13. The molecule has 0 aliphatic rings. The Labute approximate surface area is 129 Å². The van der Waals surface area contributed by atoms with Crippen molar-refractivity contribution in [1.82, 2.24) is 9.97 Å². The molecule has 3 aromatic rings. The third kappa shape index (κ3) is 2.72. The largest absolute Gasteiger partial charge is 0.399 e. The summed E-state index contributed by atoms with van der Waals surface area (Å²) in [6.45, 7) is 0. The second kappa shape index (κ2) is 5.05. The third-order valence-electron chi connectivity index (χ3n) is 2.92. The van der Waals surface area contributed by atoms with E-state index in [0.29, 0.717) is 16.6 Å². The molecule has 0 fully saturated rings. The first-order valence-corrected chi connectivity index (χ1v) is 8.24. The molecule has 0 aliphatic heterocycles. The van der Waals surface area contributed by atoms with Crippen LogP contribution in [0.2, 0.25) is 0 Å². The fraction of sp³-hybridized carbons (Fsp3) is 0. The number of nitrogens with zero attached hydrogens (tertiary/aromatic N) is 1. The van der Waals surface area contributed by atoms with Crippen molar-refractivity contribution in [1.29, 1.82) is 0 Å². The van der Waals surface area contributed by atoms with E-state index in [0.717, 1.165) is 4.47 Å². The van der Waals surface area contributed by atoms with Crippen LogP contribution in [0.5, 0.6) is 0 Å². The van der Waals surface area contributed by atoms with E-state index in [1.165, 1.54) is 12.4 Å². The number of halogens is 1. The molecule has 0 aliphatic carbocycles. The SMILES string of the molecule is Nc1ccc2[nH]cc(S(=O)(=O)Nc3ccc(Br)cn3)c2c1. The van der Waals surface area contributed by atoms with E-state index in [2.05, 4.69) is 30.6 Å². The minimum absolute atomic E-state index is 0.134. The van der Waals surface area contributed by atoms with Crippen LogP contribution in [-0.2, 0) is 10.0 Å². The Balaban J connectivity index is 2.04. The van der Waals surface area contributed by atoms with Gasteiger partial charge in [-0.25, -0.2) is 13.4 Å². The number of aromatic amines is 1. The minimum atomic E-state index is -3.74. The van der Waals surface area contributed by atoms with Crippen LogP contribution in [-0.4, -0.2) is 18.4 Å². The van der Waals surface area contributed by atoms with E-state index in [1.807, 2.05) is 0 Å². The first kappa shape index (κ1) is 13.9. The summed E-state index contributed by atoms with van der Waals surface area (Å²) in [6.07, 6.45) is 2.95. The van der Waals surface area contributed by atoms with Gasteiger partial charge in [0.15, 0.2) is 0 Å². The predicted molar refractivity (Wildman–Crippen MR) is 85.5 cm³/mol. The van der Waals surface area contributed by atoms with Gasteiger partial charge in [0.1, 0.15) is 10.7 Å². The number of pyridine rings is 1. The number of sulfonamides is 1. The van der Waals surface area contributed by atoms with Crippen LogP contribution in [0, 0.1) is 0 Å². The summed E-state index contributed by atoms with van der Waals surface area (Å²) >= 11 is 3.25. The monoisotopic (exact) mass is 366 g/mol. The van der Waals surface area contributed by atoms with Crippen molar-refractivity contribution >= 4 is 48.4 Å². The summed E-state index contributed by atoms with van der Waals surface area (Å²) in [4.78, 5) is 7.05. The highest BCUT2D eigenvalue weighted by Gasteiger charge is 2.19. The van der Waals surface area contributed by atoms with Crippen molar-refractivity contribution in [3.63, 3.8) is 0 Å². The van der Waals surface area contributed by atoms with Gasteiger partial charge in [0.2, 0.25) is 0 Å². The maximum absolute atomic E-state index is 12.4. The van der Waals surface area contributed by atoms with Gasteiger partial charge in [0.25, 0.3) is 10.0 Å². The number of nitrogens with two attached hydrogens (primary N) is 1. The smallest absolute Gasteiger partial charge is 0.265 e. The van der Waals surface area contributed by atoms with Crippen LogP contribution in [0.25, 0.3) is 10.9 Å². The zero-order chi connectivity index (χ0) is 15.0. The summed E-state index contributed by atoms with van der Waals surface area (Å²) in [5, 5.41) is 0.541. The molecule has 0 atom stereocenters. The molecule has 0 saturated heterocycles. The molecule has 0 radical (unpaired) electrons. The quantitative estimate of drug-likeness (QED) is 0.620. The van der Waals surface area contributed by atoms with Crippen molar-refractivity contribution in [2.24, 2.45) is 0 Å². The van der Waals surface area contributed by atoms with Gasteiger partial charge in [0, 0.05) is 33.5 Å². The van der Waals surface area contributed by atoms with E-state index in [-0.39, 0.29) is 10.7 Å². The zero-order valence-corrected chi connectivity index (χ0v) is 13.1. The van der Waals surface area contributed by atoms with Crippen molar-refractivity contribution in [2.45, 2.75) is 4.90 Å². The van der Waals surface area contributed by atoms with Gasteiger partial charge in [-0.05, 0) is 46.3 Å². The molecule has 8 heteroatoms. The van der Waals surface area contributed by atoms with Crippen LogP contribution in [0.3, 0.4) is 0 Å². The molecule has 2 aromatic heterocycles. The Kier molecular flexibility index (Phi) is 3.34. The molecule has 2 heterocycles. The van der Waals surface area contributed by atoms with E-state index < -0.39 is 10.0 Å². The summed E-state index contributed by atoms with van der Waals surface area (Å²) in [7, 11) is -3.74. The standard InChI is InChI=1S/C13H11BrN4O2S/c14-8-1-4-13(17-6-8)18-21(19,20)12-7-16-11-3-2-9(15)5-10(11)12/h1-7,16H,15H2,(H,17,18). The van der Waals surface area contributed by atoms with Crippen LogP contribution < -0.4 is 10.5 Å². The Bertz CT molecular complexity index is 904. The van der Waals surface area contributed by atoms with Gasteiger partial charge in [0.05, 0.1) is 0 Å². The van der Waals surface area contributed by atoms with Crippen LogP contribution in [0.1, 0.15) is 0 Å².